The molecule has 28 heavy (non-hydrogen) atoms. The second-order valence-corrected chi connectivity index (χ2v) is 5.95. The van der Waals surface area contributed by atoms with Crippen LogP contribution in [0, 0.1) is 0 Å². The van der Waals surface area contributed by atoms with E-state index < -0.39 is 0 Å². The molecule has 0 aliphatic rings. The highest BCUT2D eigenvalue weighted by molar-refractivity contribution is 5.92. The lowest BCUT2D eigenvalue weighted by Crippen LogP contribution is -2.20. The first-order valence-electron chi connectivity index (χ1n) is 8.74. The molecular weight excluding hydrogens is 356 g/mol. The molecule has 3 aromatic rings. The standard InChI is InChI=1S/C22H22N2O4/c1-26-20-12-18(13-21(14-20)27-2)24-22(25)15-28-19-10-8-17(9-11-19)23-16-6-4-3-5-7-16/h3-14,23H,15H2,1-2H3,(H,24,25). The van der Waals surface area contributed by atoms with Crippen molar-refractivity contribution < 1.29 is 19.0 Å². The van der Waals surface area contributed by atoms with Crippen LogP contribution >= 0.6 is 0 Å². The molecule has 0 saturated carbocycles. The van der Waals surface area contributed by atoms with E-state index in [0.29, 0.717) is 22.9 Å². The quantitative estimate of drug-likeness (QED) is 0.605. The topological polar surface area (TPSA) is 68.8 Å². The number of anilines is 3. The van der Waals surface area contributed by atoms with Crippen molar-refractivity contribution in [2.45, 2.75) is 0 Å². The Morgan fingerprint density at radius 1 is 0.750 bits per heavy atom. The van der Waals surface area contributed by atoms with E-state index in [4.69, 9.17) is 14.2 Å². The second kappa shape index (κ2) is 9.32. The van der Waals surface area contributed by atoms with Gasteiger partial charge in [0.05, 0.1) is 14.2 Å². The second-order valence-electron chi connectivity index (χ2n) is 5.95. The number of ether oxygens (including phenoxy) is 3. The van der Waals surface area contributed by atoms with Crippen molar-refractivity contribution in [2.24, 2.45) is 0 Å². The molecule has 1 amide bonds. The van der Waals surface area contributed by atoms with Crippen molar-refractivity contribution in [1.29, 1.82) is 0 Å². The minimum absolute atomic E-state index is 0.106. The number of nitrogens with one attached hydrogen (secondary N) is 2. The molecule has 0 aliphatic carbocycles. The number of benzene rings is 3. The minimum Gasteiger partial charge on any atom is -0.497 e. The number of amides is 1. The van der Waals surface area contributed by atoms with Gasteiger partial charge in [-0.2, -0.15) is 0 Å². The monoisotopic (exact) mass is 378 g/mol. The molecule has 0 fully saturated rings. The maximum atomic E-state index is 12.2. The summed E-state index contributed by atoms with van der Waals surface area (Å²) < 4.78 is 15.9. The molecule has 0 bridgehead atoms. The van der Waals surface area contributed by atoms with Crippen LogP contribution in [0.15, 0.2) is 72.8 Å². The summed E-state index contributed by atoms with van der Waals surface area (Å²) in [4.78, 5) is 12.2. The Hall–Kier alpha value is -3.67. The van der Waals surface area contributed by atoms with Crippen LogP contribution in [-0.4, -0.2) is 26.7 Å². The van der Waals surface area contributed by atoms with Crippen LogP contribution in [0.1, 0.15) is 0 Å². The lowest BCUT2D eigenvalue weighted by atomic mass is 10.2. The Labute approximate surface area is 164 Å². The summed E-state index contributed by atoms with van der Waals surface area (Å²) in [5.41, 5.74) is 2.52. The van der Waals surface area contributed by atoms with E-state index in [1.165, 1.54) is 0 Å². The Morgan fingerprint density at radius 2 is 1.36 bits per heavy atom. The van der Waals surface area contributed by atoms with Gasteiger partial charge in [0.1, 0.15) is 17.2 Å². The molecular formula is C22H22N2O4. The minimum atomic E-state index is -0.276. The molecule has 0 unspecified atom stereocenters. The van der Waals surface area contributed by atoms with E-state index in [9.17, 15) is 4.79 Å². The van der Waals surface area contributed by atoms with E-state index in [-0.39, 0.29) is 12.5 Å². The molecule has 0 radical (unpaired) electrons. The Morgan fingerprint density at radius 3 is 1.96 bits per heavy atom. The van der Waals surface area contributed by atoms with Crippen LogP contribution in [0.4, 0.5) is 17.1 Å². The maximum absolute atomic E-state index is 12.2. The number of carbonyl (C=O) groups excluding carboxylic acids is 1. The maximum Gasteiger partial charge on any atom is 0.262 e. The van der Waals surface area contributed by atoms with E-state index in [1.54, 1.807) is 32.4 Å². The highest BCUT2D eigenvalue weighted by atomic mass is 16.5. The van der Waals surface area contributed by atoms with Gasteiger partial charge < -0.3 is 24.8 Å². The third kappa shape index (κ3) is 5.41. The average Bonchev–Trinajstić information content (AvgIpc) is 2.73. The zero-order valence-electron chi connectivity index (χ0n) is 15.8. The van der Waals surface area contributed by atoms with Crippen LogP contribution in [0.2, 0.25) is 0 Å². The first kappa shape index (κ1) is 19.1. The van der Waals surface area contributed by atoms with Crippen molar-refractivity contribution in [3.8, 4) is 17.2 Å². The van der Waals surface area contributed by atoms with Gasteiger partial charge in [0.2, 0.25) is 0 Å². The van der Waals surface area contributed by atoms with E-state index in [2.05, 4.69) is 10.6 Å². The number of para-hydroxylation sites is 1. The van der Waals surface area contributed by atoms with E-state index in [0.717, 1.165) is 11.4 Å². The van der Waals surface area contributed by atoms with Gasteiger partial charge in [-0.05, 0) is 36.4 Å². The summed E-state index contributed by atoms with van der Waals surface area (Å²) in [5, 5.41) is 6.06. The Bertz CT molecular complexity index is 889. The third-order valence-corrected chi connectivity index (χ3v) is 3.92. The highest BCUT2D eigenvalue weighted by Gasteiger charge is 2.07. The molecule has 0 saturated heterocycles. The zero-order chi connectivity index (χ0) is 19.8. The number of carbonyl (C=O) groups is 1. The molecule has 0 aromatic heterocycles. The van der Waals surface area contributed by atoms with Crippen molar-refractivity contribution in [2.75, 3.05) is 31.5 Å². The first-order chi connectivity index (χ1) is 13.7. The van der Waals surface area contributed by atoms with Crippen LogP contribution in [0.3, 0.4) is 0 Å². The molecule has 0 heterocycles. The Balaban J connectivity index is 1.53. The summed E-state index contributed by atoms with van der Waals surface area (Å²) in [7, 11) is 3.11. The van der Waals surface area contributed by atoms with Crippen molar-refractivity contribution in [3.05, 3.63) is 72.8 Å². The predicted molar refractivity (Wildman–Crippen MR) is 110 cm³/mol. The van der Waals surface area contributed by atoms with Gasteiger partial charge in [-0.3, -0.25) is 4.79 Å². The first-order valence-corrected chi connectivity index (χ1v) is 8.74. The normalized spacial score (nSPS) is 10.1. The fourth-order valence-electron chi connectivity index (χ4n) is 2.55. The number of rotatable bonds is 8. The van der Waals surface area contributed by atoms with Gasteiger partial charge in [0.15, 0.2) is 6.61 Å². The largest absolute Gasteiger partial charge is 0.497 e. The molecule has 6 heteroatoms. The molecule has 144 valence electrons. The summed E-state index contributed by atoms with van der Waals surface area (Å²) in [6.07, 6.45) is 0. The molecule has 3 rings (SSSR count). The van der Waals surface area contributed by atoms with Gasteiger partial charge in [0.25, 0.3) is 5.91 Å². The summed E-state index contributed by atoms with van der Waals surface area (Å²) >= 11 is 0. The number of hydrogen-bond acceptors (Lipinski definition) is 5. The summed E-state index contributed by atoms with van der Waals surface area (Å²) in [6, 6.07) is 22.5. The molecule has 2 N–H and O–H groups in total. The van der Waals surface area contributed by atoms with E-state index >= 15 is 0 Å². The van der Waals surface area contributed by atoms with Crippen LogP contribution in [-0.2, 0) is 4.79 Å². The predicted octanol–water partition coefficient (Wildman–Crippen LogP) is 4.46. The van der Waals surface area contributed by atoms with Crippen molar-refractivity contribution in [1.82, 2.24) is 0 Å². The van der Waals surface area contributed by atoms with Gasteiger partial charge in [-0.15, -0.1) is 0 Å². The lowest BCUT2D eigenvalue weighted by Gasteiger charge is -2.11. The molecule has 0 aliphatic heterocycles. The van der Waals surface area contributed by atoms with Gasteiger partial charge in [0, 0.05) is 35.3 Å². The highest BCUT2D eigenvalue weighted by Crippen LogP contribution is 2.26. The summed E-state index contributed by atoms with van der Waals surface area (Å²) in [5.74, 6) is 1.52. The average molecular weight is 378 g/mol. The Kier molecular flexibility index (Phi) is 6.36. The van der Waals surface area contributed by atoms with Gasteiger partial charge in [-0.25, -0.2) is 0 Å². The summed E-state index contributed by atoms with van der Waals surface area (Å²) in [6.45, 7) is -0.106. The van der Waals surface area contributed by atoms with Crippen LogP contribution < -0.4 is 24.8 Å². The molecule has 3 aromatic carbocycles. The fraction of sp³-hybridized carbons (Fsp3) is 0.136. The van der Waals surface area contributed by atoms with Crippen LogP contribution in [0.5, 0.6) is 17.2 Å². The van der Waals surface area contributed by atoms with Gasteiger partial charge in [-0.1, -0.05) is 18.2 Å². The zero-order valence-corrected chi connectivity index (χ0v) is 15.8. The van der Waals surface area contributed by atoms with Crippen molar-refractivity contribution in [3.63, 3.8) is 0 Å². The third-order valence-electron chi connectivity index (χ3n) is 3.92. The number of hydrogen-bond donors (Lipinski definition) is 2. The molecule has 0 atom stereocenters. The van der Waals surface area contributed by atoms with Crippen molar-refractivity contribution >= 4 is 23.0 Å². The lowest BCUT2D eigenvalue weighted by molar-refractivity contribution is -0.118. The van der Waals surface area contributed by atoms with Crippen LogP contribution in [0.25, 0.3) is 0 Å². The molecule has 0 spiro atoms. The smallest absolute Gasteiger partial charge is 0.262 e. The molecule has 6 nitrogen and oxygen atoms in total. The van der Waals surface area contributed by atoms with Gasteiger partial charge >= 0.3 is 0 Å². The van der Waals surface area contributed by atoms with E-state index in [1.807, 2.05) is 54.6 Å². The SMILES string of the molecule is COc1cc(NC(=O)COc2ccc(Nc3ccccc3)cc2)cc(OC)c1. The number of methoxy groups -OCH3 is 2. The fourth-order valence-corrected chi connectivity index (χ4v) is 2.55.